The molecule has 96 valence electrons. The second-order valence-electron chi connectivity index (χ2n) is 5.87. The summed E-state index contributed by atoms with van der Waals surface area (Å²) in [6.45, 7) is 5.52. The Kier molecular flexibility index (Phi) is 3.89. The number of nitrogens with one attached hydrogen (secondary N) is 2. The van der Waals surface area contributed by atoms with E-state index in [1.54, 1.807) is 0 Å². The highest BCUT2D eigenvalue weighted by Crippen LogP contribution is 2.23. The average Bonchev–Trinajstić information content (AvgIpc) is 2.82. The van der Waals surface area contributed by atoms with Crippen molar-refractivity contribution in [1.29, 1.82) is 0 Å². The molecule has 3 nitrogen and oxygen atoms in total. The van der Waals surface area contributed by atoms with Crippen LogP contribution in [-0.2, 0) is 5.41 Å². The molecule has 3 heteroatoms. The van der Waals surface area contributed by atoms with E-state index < -0.39 is 0 Å². The monoisotopic (exact) mass is 236 g/mol. The number of aliphatic hydroxyl groups is 1. The first-order chi connectivity index (χ1) is 8.08. The number of rotatable bonds is 4. The number of H-pyrrole nitrogens is 1. The van der Waals surface area contributed by atoms with Crippen molar-refractivity contribution in [2.24, 2.45) is 0 Å². The van der Waals surface area contributed by atoms with E-state index in [4.69, 9.17) is 0 Å². The maximum atomic E-state index is 9.47. The summed E-state index contributed by atoms with van der Waals surface area (Å²) in [6, 6.07) is 2.73. The number of hydrogen-bond donors (Lipinski definition) is 3. The first-order valence-electron chi connectivity index (χ1n) is 6.63. The molecule has 0 aliphatic heterocycles. The number of aromatic amines is 1. The average molecular weight is 236 g/mol. The van der Waals surface area contributed by atoms with Gasteiger partial charge in [0.15, 0.2) is 0 Å². The van der Waals surface area contributed by atoms with E-state index in [0.29, 0.717) is 6.04 Å². The van der Waals surface area contributed by atoms with Crippen molar-refractivity contribution < 1.29 is 5.11 Å². The van der Waals surface area contributed by atoms with Gasteiger partial charge in [0.2, 0.25) is 0 Å². The molecule has 1 heterocycles. The van der Waals surface area contributed by atoms with E-state index in [9.17, 15) is 5.11 Å². The third-order valence-electron chi connectivity index (χ3n) is 3.91. The van der Waals surface area contributed by atoms with Crippen molar-refractivity contribution in [3.63, 3.8) is 0 Å². The Hall–Kier alpha value is -0.800. The lowest BCUT2D eigenvalue weighted by atomic mass is 9.85. The Labute approximate surface area is 104 Å². The molecule has 0 amide bonds. The highest BCUT2D eigenvalue weighted by molar-refractivity contribution is 5.20. The summed E-state index contributed by atoms with van der Waals surface area (Å²) in [7, 11) is 0. The van der Waals surface area contributed by atoms with Gasteiger partial charge >= 0.3 is 0 Å². The van der Waals surface area contributed by atoms with E-state index in [2.05, 4.69) is 36.4 Å². The molecule has 17 heavy (non-hydrogen) atoms. The zero-order chi connectivity index (χ0) is 12.3. The van der Waals surface area contributed by atoms with E-state index in [1.165, 1.54) is 5.56 Å². The first-order valence-corrected chi connectivity index (χ1v) is 6.63. The molecule has 0 aromatic carbocycles. The zero-order valence-electron chi connectivity index (χ0n) is 10.9. The van der Waals surface area contributed by atoms with Crippen LogP contribution in [0.15, 0.2) is 18.5 Å². The van der Waals surface area contributed by atoms with E-state index in [1.807, 2.05) is 6.20 Å². The van der Waals surface area contributed by atoms with Crippen LogP contribution in [0.5, 0.6) is 0 Å². The van der Waals surface area contributed by atoms with Gasteiger partial charge in [0, 0.05) is 30.4 Å². The Morgan fingerprint density at radius 2 is 2.06 bits per heavy atom. The van der Waals surface area contributed by atoms with Gasteiger partial charge in [-0.1, -0.05) is 13.8 Å². The van der Waals surface area contributed by atoms with Gasteiger partial charge in [-0.3, -0.25) is 0 Å². The summed E-state index contributed by atoms with van der Waals surface area (Å²) in [4.78, 5) is 3.12. The molecular formula is C14H24N2O. The molecule has 1 saturated carbocycles. The van der Waals surface area contributed by atoms with Crippen LogP contribution in [0.2, 0.25) is 0 Å². The van der Waals surface area contributed by atoms with Gasteiger partial charge < -0.3 is 15.4 Å². The molecule has 0 atom stereocenters. The maximum absolute atomic E-state index is 9.47. The van der Waals surface area contributed by atoms with Crippen LogP contribution in [0.1, 0.15) is 45.1 Å². The fraction of sp³-hybridized carbons (Fsp3) is 0.714. The van der Waals surface area contributed by atoms with Crippen molar-refractivity contribution in [3.05, 3.63) is 24.0 Å². The summed E-state index contributed by atoms with van der Waals surface area (Å²) in [5.41, 5.74) is 1.51. The van der Waals surface area contributed by atoms with Crippen LogP contribution in [0.3, 0.4) is 0 Å². The SMILES string of the molecule is CC(C)(CNC1CCC(O)CC1)c1cc[nH]c1. The number of hydrogen-bond acceptors (Lipinski definition) is 2. The van der Waals surface area contributed by atoms with Gasteiger partial charge in [-0.25, -0.2) is 0 Å². The van der Waals surface area contributed by atoms with Crippen LogP contribution < -0.4 is 5.32 Å². The summed E-state index contributed by atoms with van der Waals surface area (Å²) in [5, 5.41) is 13.1. The molecule has 0 unspecified atom stereocenters. The molecule has 2 rings (SSSR count). The topological polar surface area (TPSA) is 48.0 Å². The Morgan fingerprint density at radius 1 is 1.35 bits per heavy atom. The molecule has 1 aromatic rings. The van der Waals surface area contributed by atoms with Crippen molar-refractivity contribution >= 4 is 0 Å². The second kappa shape index (κ2) is 5.23. The van der Waals surface area contributed by atoms with E-state index in [0.717, 1.165) is 32.2 Å². The highest BCUT2D eigenvalue weighted by atomic mass is 16.3. The number of aliphatic hydroxyl groups excluding tert-OH is 1. The predicted molar refractivity (Wildman–Crippen MR) is 70.1 cm³/mol. The van der Waals surface area contributed by atoms with Crippen LogP contribution in [0, 0.1) is 0 Å². The molecule has 0 saturated heterocycles. The minimum absolute atomic E-state index is 0.0641. The van der Waals surface area contributed by atoms with Gasteiger partial charge in [-0.15, -0.1) is 0 Å². The largest absolute Gasteiger partial charge is 0.393 e. The Balaban J connectivity index is 1.81. The van der Waals surface area contributed by atoms with Gasteiger partial charge in [0.1, 0.15) is 0 Å². The van der Waals surface area contributed by atoms with Crippen molar-refractivity contribution in [1.82, 2.24) is 10.3 Å². The fourth-order valence-electron chi connectivity index (χ4n) is 2.53. The predicted octanol–water partition coefficient (Wildman–Crippen LogP) is 2.19. The molecule has 3 N–H and O–H groups in total. The normalized spacial score (nSPS) is 26.1. The van der Waals surface area contributed by atoms with Gasteiger partial charge in [-0.05, 0) is 37.3 Å². The summed E-state index contributed by atoms with van der Waals surface area (Å²) in [6.07, 6.45) is 8.09. The quantitative estimate of drug-likeness (QED) is 0.750. The molecule has 0 bridgehead atoms. The number of aromatic nitrogens is 1. The first kappa shape index (κ1) is 12.7. The van der Waals surface area contributed by atoms with Crippen molar-refractivity contribution in [3.8, 4) is 0 Å². The van der Waals surface area contributed by atoms with E-state index >= 15 is 0 Å². The second-order valence-corrected chi connectivity index (χ2v) is 5.87. The lowest BCUT2D eigenvalue weighted by Crippen LogP contribution is -2.41. The van der Waals surface area contributed by atoms with Crippen LogP contribution in [0.4, 0.5) is 0 Å². The smallest absolute Gasteiger partial charge is 0.0541 e. The maximum Gasteiger partial charge on any atom is 0.0541 e. The van der Waals surface area contributed by atoms with Crippen LogP contribution in [0.25, 0.3) is 0 Å². The molecule has 0 spiro atoms. The minimum atomic E-state index is -0.0641. The minimum Gasteiger partial charge on any atom is -0.393 e. The third-order valence-corrected chi connectivity index (χ3v) is 3.91. The fourth-order valence-corrected chi connectivity index (χ4v) is 2.53. The lowest BCUT2D eigenvalue weighted by Gasteiger charge is -2.31. The standard InChI is InChI=1S/C14H24N2O/c1-14(2,11-7-8-15-9-11)10-16-12-3-5-13(17)6-4-12/h7-9,12-13,15-17H,3-6,10H2,1-2H3. The van der Waals surface area contributed by atoms with E-state index in [-0.39, 0.29) is 11.5 Å². The molecule has 1 aliphatic carbocycles. The van der Waals surface area contributed by atoms with Gasteiger partial charge in [0.25, 0.3) is 0 Å². The third kappa shape index (κ3) is 3.33. The molecule has 1 aromatic heterocycles. The van der Waals surface area contributed by atoms with Crippen molar-refractivity contribution in [2.75, 3.05) is 6.54 Å². The molecular weight excluding hydrogens is 212 g/mol. The summed E-state index contributed by atoms with van der Waals surface area (Å²) < 4.78 is 0. The van der Waals surface area contributed by atoms with Crippen molar-refractivity contribution in [2.45, 2.75) is 57.1 Å². The van der Waals surface area contributed by atoms with Crippen LogP contribution >= 0.6 is 0 Å². The molecule has 1 fully saturated rings. The Bertz CT molecular complexity index is 324. The summed E-state index contributed by atoms with van der Waals surface area (Å²) in [5.74, 6) is 0. The zero-order valence-corrected chi connectivity index (χ0v) is 10.9. The van der Waals surface area contributed by atoms with Crippen LogP contribution in [-0.4, -0.2) is 28.8 Å². The molecule has 1 aliphatic rings. The highest BCUT2D eigenvalue weighted by Gasteiger charge is 2.24. The molecule has 0 radical (unpaired) electrons. The Morgan fingerprint density at radius 3 is 2.65 bits per heavy atom. The summed E-state index contributed by atoms with van der Waals surface area (Å²) >= 11 is 0. The lowest BCUT2D eigenvalue weighted by molar-refractivity contribution is 0.115. The van der Waals surface area contributed by atoms with Gasteiger partial charge in [0.05, 0.1) is 6.10 Å². The van der Waals surface area contributed by atoms with Gasteiger partial charge in [-0.2, -0.15) is 0 Å².